The molecule has 5 heteroatoms. The summed E-state index contributed by atoms with van der Waals surface area (Å²) >= 11 is 0. The van der Waals surface area contributed by atoms with E-state index in [2.05, 4.69) is 27.7 Å². The fourth-order valence-electron chi connectivity index (χ4n) is 5.81. The van der Waals surface area contributed by atoms with E-state index in [9.17, 15) is 14.7 Å². The van der Waals surface area contributed by atoms with Gasteiger partial charge in [-0.05, 0) is 24.7 Å². The van der Waals surface area contributed by atoms with Gasteiger partial charge in [0.25, 0.3) is 0 Å². The summed E-state index contributed by atoms with van der Waals surface area (Å²) in [5.41, 5.74) is 0. The van der Waals surface area contributed by atoms with Gasteiger partial charge in [0.05, 0.1) is 6.61 Å². The van der Waals surface area contributed by atoms with Crippen molar-refractivity contribution in [2.75, 3.05) is 13.2 Å². The first-order valence-electron chi connectivity index (χ1n) is 19.3. The monoisotopic (exact) mass is 625 g/mol. The van der Waals surface area contributed by atoms with Gasteiger partial charge >= 0.3 is 11.9 Å². The minimum absolute atomic E-state index is 0.0590. The van der Waals surface area contributed by atoms with E-state index in [-0.39, 0.29) is 25.2 Å². The molecule has 0 aromatic rings. The predicted octanol–water partition coefficient (Wildman–Crippen LogP) is 11.7. The molecule has 0 heterocycles. The number of carbonyl (C=O) groups excluding carboxylic acids is 2. The fourth-order valence-corrected chi connectivity index (χ4v) is 5.81. The first kappa shape index (κ1) is 42.9. The number of esters is 2. The molecule has 1 N–H and O–H groups in total. The minimum atomic E-state index is -0.762. The van der Waals surface area contributed by atoms with E-state index in [0.717, 1.165) is 50.4 Å². The Labute approximate surface area is 274 Å². The summed E-state index contributed by atoms with van der Waals surface area (Å²) in [5.74, 6) is 1.10. The average Bonchev–Trinajstić information content (AvgIpc) is 2.99. The van der Waals surface area contributed by atoms with Crippen molar-refractivity contribution in [1.82, 2.24) is 0 Å². The van der Waals surface area contributed by atoms with Gasteiger partial charge in [-0.2, -0.15) is 0 Å². The number of rotatable bonds is 34. The zero-order valence-electron chi connectivity index (χ0n) is 30.0. The van der Waals surface area contributed by atoms with Crippen molar-refractivity contribution in [2.45, 2.75) is 214 Å². The summed E-state index contributed by atoms with van der Waals surface area (Å²) in [7, 11) is 0. The summed E-state index contributed by atoms with van der Waals surface area (Å²) in [6, 6.07) is 0. The van der Waals surface area contributed by atoms with Crippen LogP contribution >= 0.6 is 0 Å². The normalized spacial score (nSPS) is 12.2. The van der Waals surface area contributed by atoms with Crippen LogP contribution in [0.3, 0.4) is 0 Å². The van der Waals surface area contributed by atoms with Gasteiger partial charge in [0.15, 0.2) is 6.10 Å². The second kappa shape index (κ2) is 33.3. The van der Waals surface area contributed by atoms with Crippen LogP contribution in [0.1, 0.15) is 207 Å². The van der Waals surface area contributed by atoms with Gasteiger partial charge < -0.3 is 14.6 Å². The molecule has 262 valence electrons. The fraction of sp³-hybridized carbons (Fsp3) is 0.949. The molecule has 0 aromatic carbocycles. The molecular weight excluding hydrogens is 548 g/mol. The predicted molar refractivity (Wildman–Crippen MR) is 187 cm³/mol. The average molecular weight is 625 g/mol. The van der Waals surface area contributed by atoms with Crippen molar-refractivity contribution in [3.05, 3.63) is 0 Å². The third-order valence-corrected chi connectivity index (χ3v) is 8.76. The number of hydrogen-bond donors (Lipinski definition) is 1. The maximum absolute atomic E-state index is 12.2. The van der Waals surface area contributed by atoms with Crippen LogP contribution in [-0.4, -0.2) is 36.4 Å². The largest absolute Gasteiger partial charge is 0.462 e. The molecule has 0 saturated heterocycles. The lowest BCUT2D eigenvalue weighted by Gasteiger charge is -2.15. The van der Waals surface area contributed by atoms with Gasteiger partial charge in [0.1, 0.15) is 6.61 Å². The smallest absolute Gasteiger partial charge is 0.306 e. The Bertz CT molecular complexity index is 618. The third kappa shape index (κ3) is 33.8. The van der Waals surface area contributed by atoms with Crippen LogP contribution in [0.15, 0.2) is 0 Å². The maximum Gasteiger partial charge on any atom is 0.306 e. The van der Waals surface area contributed by atoms with Crippen molar-refractivity contribution >= 4 is 11.9 Å². The van der Waals surface area contributed by atoms with Gasteiger partial charge in [-0.1, -0.05) is 182 Å². The second-order valence-electron chi connectivity index (χ2n) is 14.3. The standard InChI is InChI=1S/C39H76O5/c1-35(2)29-25-21-17-13-9-7-5-6-8-10-16-20-24-28-32-39(42)44-37(33-40)34-43-38(41)31-27-23-19-15-12-11-14-18-22-26-30-36(3)4/h35-37,40H,5-34H2,1-4H3/t37-/m0/s1. The number of carbonyl (C=O) groups is 2. The van der Waals surface area contributed by atoms with Gasteiger partial charge in [-0.25, -0.2) is 0 Å². The molecule has 0 bridgehead atoms. The van der Waals surface area contributed by atoms with E-state index in [1.807, 2.05) is 0 Å². The molecule has 1 atom stereocenters. The van der Waals surface area contributed by atoms with Crippen molar-refractivity contribution in [1.29, 1.82) is 0 Å². The molecule has 0 aliphatic heterocycles. The van der Waals surface area contributed by atoms with Crippen LogP contribution in [0.5, 0.6) is 0 Å². The third-order valence-electron chi connectivity index (χ3n) is 8.76. The molecule has 0 amide bonds. The first-order valence-corrected chi connectivity index (χ1v) is 19.3. The quantitative estimate of drug-likeness (QED) is 0.0569. The number of ether oxygens (including phenoxy) is 2. The summed E-state index contributed by atoms with van der Waals surface area (Å²) in [6.45, 7) is 8.84. The van der Waals surface area contributed by atoms with Gasteiger partial charge in [0, 0.05) is 12.8 Å². The van der Waals surface area contributed by atoms with E-state index < -0.39 is 6.10 Å². The van der Waals surface area contributed by atoms with E-state index in [0.29, 0.717) is 12.8 Å². The molecule has 0 spiro atoms. The molecule has 0 aliphatic rings. The molecule has 0 saturated carbocycles. The SMILES string of the molecule is CC(C)CCCCCCCCCCCCCCCCC(=O)O[C@@H](CO)COC(=O)CCCCCCCCCCCCC(C)C. The Morgan fingerprint density at radius 1 is 0.455 bits per heavy atom. The summed E-state index contributed by atoms with van der Waals surface area (Å²) in [6.07, 6.45) is 33.1. The highest BCUT2D eigenvalue weighted by Crippen LogP contribution is 2.16. The van der Waals surface area contributed by atoms with Crippen LogP contribution in [0.25, 0.3) is 0 Å². The Hall–Kier alpha value is -1.10. The molecule has 0 fully saturated rings. The lowest BCUT2D eigenvalue weighted by Crippen LogP contribution is -2.28. The van der Waals surface area contributed by atoms with Crippen LogP contribution in [0.2, 0.25) is 0 Å². The van der Waals surface area contributed by atoms with Crippen molar-refractivity contribution in [3.8, 4) is 0 Å². The van der Waals surface area contributed by atoms with Gasteiger partial charge in [-0.3, -0.25) is 9.59 Å². The molecule has 0 unspecified atom stereocenters. The Morgan fingerprint density at radius 2 is 0.750 bits per heavy atom. The zero-order chi connectivity index (χ0) is 32.5. The zero-order valence-corrected chi connectivity index (χ0v) is 30.0. The van der Waals surface area contributed by atoms with Gasteiger partial charge in [-0.15, -0.1) is 0 Å². The number of aliphatic hydroxyl groups is 1. The summed E-state index contributed by atoms with van der Waals surface area (Å²) < 4.78 is 10.6. The molecule has 0 rings (SSSR count). The number of unbranched alkanes of at least 4 members (excludes halogenated alkanes) is 22. The minimum Gasteiger partial charge on any atom is -0.462 e. The van der Waals surface area contributed by atoms with E-state index >= 15 is 0 Å². The highest BCUT2D eigenvalue weighted by Gasteiger charge is 2.16. The van der Waals surface area contributed by atoms with Crippen molar-refractivity contribution < 1.29 is 24.2 Å². The van der Waals surface area contributed by atoms with Crippen molar-refractivity contribution in [3.63, 3.8) is 0 Å². The molecule has 0 aliphatic carbocycles. The van der Waals surface area contributed by atoms with Gasteiger partial charge in [0.2, 0.25) is 0 Å². The van der Waals surface area contributed by atoms with Crippen LogP contribution in [-0.2, 0) is 19.1 Å². The first-order chi connectivity index (χ1) is 21.3. The lowest BCUT2D eigenvalue weighted by atomic mass is 10.0. The van der Waals surface area contributed by atoms with Crippen LogP contribution in [0.4, 0.5) is 0 Å². The van der Waals surface area contributed by atoms with E-state index in [4.69, 9.17) is 9.47 Å². The van der Waals surface area contributed by atoms with Crippen LogP contribution < -0.4 is 0 Å². The number of hydrogen-bond acceptors (Lipinski definition) is 5. The molecule has 0 aromatic heterocycles. The van der Waals surface area contributed by atoms with E-state index in [1.165, 1.54) is 128 Å². The highest BCUT2D eigenvalue weighted by molar-refractivity contribution is 5.70. The molecule has 0 radical (unpaired) electrons. The second-order valence-corrected chi connectivity index (χ2v) is 14.3. The van der Waals surface area contributed by atoms with E-state index in [1.54, 1.807) is 0 Å². The summed E-state index contributed by atoms with van der Waals surface area (Å²) in [4.78, 5) is 24.2. The molecule has 44 heavy (non-hydrogen) atoms. The highest BCUT2D eigenvalue weighted by atomic mass is 16.6. The molecule has 5 nitrogen and oxygen atoms in total. The topological polar surface area (TPSA) is 72.8 Å². The summed E-state index contributed by atoms with van der Waals surface area (Å²) in [5, 5.41) is 9.54. The Balaban J connectivity index is 3.51. The Kier molecular flexibility index (Phi) is 32.4. The van der Waals surface area contributed by atoms with Crippen LogP contribution in [0, 0.1) is 11.8 Å². The number of aliphatic hydroxyl groups excluding tert-OH is 1. The Morgan fingerprint density at radius 3 is 1.07 bits per heavy atom. The van der Waals surface area contributed by atoms with Crippen molar-refractivity contribution in [2.24, 2.45) is 11.8 Å². The lowest BCUT2D eigenvalue weighted by molar-refractivity contribution is -0.161. The molecular formula is C39H76O5. The maximum atomic E-state index is 12.2.